The Bertz CT molecular complexity index is 795. The van der Waals surface area contributed by atoms with Gasteiger partial charge < -0.3 is 14.9 Å². The Morgan fingerprint density at radius 3 is 2.48 bits per heavy atom. The predicted octanol–water partition coefficient (Wildman–Crippen LogP) is 4.85. The molecule has 0 aliphatic rings. The number of rotatable bonds is 9. The fourth-order valence-electron chi connectivity index (χ4n) is 2.34. The summed E-state index contributed by atoms with van der Waals surface area (Å²) in [6.07, 6.45) is 8.41. The Morgan fingerprint density at radius 2 is 2.00 bits per heavy atom. The van der Waals surface area contributed by atoms with Gasteiger partial charge in [0.15, 0.2) is 0 Å². The SMILES string of the molecule is C=C/C=C\C(=C/C)C(OC(=O)CCC)c1nnc(CN)o1.CCc1ccccc1. The average Bonchev–Trinajstić information content (AvgIpc) is 3.23. The number of nitrogens with zero attached hydrogens (tertiary/aromatic N) is 2. The van der Waals surface area contributed by atoms with Gasteiger partial charge in [0.1, 0.15) is 0 Å². The van der Waals surface area contributed by atoms with Gasteiger partial charge in [-0.25, -0.2) is 0 Å². The molecule has 2 N–H and O–H groups in total. The van der Waals surface area contributed by atoms with Gasteiger partial charge >= 0.3 is 5.97 Å². The van der Waals surface area contributed by atoms with E-state index in [9.17, 15) is 4.79 Å². The topological polar surface area (TPSA) is 91.2 Å². The van der Waals surface area contributed by atoms with Crippen LogP contribution in [0.3, 0.4) is 0 Å². The molecule has 0 fully saturated rings. The summed E-state index contributed by atoms with van der Waals surface area (Å²) >= 11 is 0. The molecule has 0 bridgehead atoms. The minimum absolute atomic E-state index is 0.135. The minimum Gasteiger partial charge on any atom is -0.447 e. The van der Waals surface area contributed by atoms with Gasteiger partial charge in [0.25, 0.3) is 5.89 Å². The smallest absolute Gasteiger partial charge is 0.306 e. The molecule has 0 radical (unpaired) electrons. The van der Waals surface area contributed by atoms with Crippen LogP contribution in [0.25, 0.3) is 0 Å². The first-order valence-corrected chi connectivity index (χ1v) is 9.80. The van der Waals surface area contributed by atoms with Crippen LogP contribution in [0.15, 0.2) is 71.2 Å². The Balaban J connectivity index is 0.000000436. The van der Waals surface area contributed by atoms with Gasteiger partial charge in [-0.05, 0) is 30.9 Å². The van der Waals surface area contributed by atoms with Crippen LogP contribution in [0.1, 0.15) is 57.1 Å². The first-order valence-electron chi connectivity index (χ1n) is 9.80. The molecule has 29 heavy (non-hydrogen) atoms. The molecular formula is C23H31N3O3. The van der Waals surface area contributed by atoms with E-state index in [1.165, 1.54) is 5.56 Å². The maximum absolute atomic E-state index is 11.8. The lowest BCUT2D eigenvalue weighted by molar-refractivity contribution is -0.148. The van der Waals surface area contributed by atoms with Crippen molar-refractivity contribution >= 4 is 5.97 Å². The van der Waals surface area contributed by atoms with Gasteiger partial charge in [0.05, 0.1) is 6.54 Å². The van der Waals surface area contributed by atoms with Crippen molar-refractivity contribution in [1.82, 2.24) is 10.2 Å². The van der Waals surface area contributed by atoms with E-state index in [0.29, 0.717) is 18.7 Å². The summed E-state index contributed by atoms with van der Waals surface area (Å²) in [5.74, 6) is 0.188. The summed E-state index contributed by atoms with van der Waals surface area (Å²) in [6, 6.07) is 10.5. The van der Waals surface area contributed by atoms with Crippen molar-refractivity contribution in [2.75, 3.05) is 0 Å². The molecule has 0 spiro atoms. The van der Waals surface area contributed by atoms with Crippen LogP contribution in [0, 0.1) is 0 Å². The number of hydrogen-bond acceptors (Lipinski definition) is 6. The molecule has 6 nitrogen and oxygen atoms in total. The van der Waals surface area contributed by atoms with E-state index < -0.39 is 6.10 Å². The number of allylic oxidation sites excluding steroid dienone is 3. The number of aromatic nitrogens is 2. The third kappa shape index (κ3) is 8.70. The van der Waals surface area contributed by atoms with Gasteiger partial charge in [0.2, 0.25) is 12.0 Å². The first-order chi connectivity index (χ1) is 14.1. The summed E-state index contributed by atoms with van der Waals surface area (Å²) < 4.78 is 10.9. The molecule has 0 aliphatic carbocycles. The fourth-order valence-corrected chi connectivity index (χ4v) is 2.34. The molecule has 1 atom stereocenters. The van der Waals surface area contributed by atoms with Gasteiger partial charge in [-0.3, -0.25) is 4.79 Å². The van der Waals surface area contributed by atoms with E-state index in [1.54, 1.807) is 18.2 Å². The van der Waals surface area contributed by atoms with Crippen molar-refractivity contribution < 1.29 is 13.9 Å². The summed E-state index contributed by atoms with van der Waals surface area (Å²) in [5.41, 5.74) is 7.59. The third-order valence-electron chi connectivity index (χ3n) is 3.90. The van der Waals surface area contributed by atoms with E-state index in [4.69, 9.17) is 14.9 Å². The second kappa shape index (κ2) is 14.1. The number of carbonyl (C=O) groups excluding carboxylic acids is 1. The highest BCUT2D eigenvalue weighted by atomic mass is 16.6. The molecule has 1 aromatic carbocycles. The maximum Gasteiger partial charge on any atom is 0.306 e. The molecule has 0 saturated carbocycles. The van der Waals surface area contributed by atoms with Crippen LogP contribution < -0.4 is 5.73 Å². The Hall–Kier alpha value is -2.99. The molecule has 1 unspecified atom stereocenters. The molecule has 2 aromatic rings. The van der Waals surface area contributed by atoms with Crippen LogP contribution in [0.2, 0.25) is 0 Å². The lowest BCUT2D eigenvalue weighted by atomic mass is 10.1. The zero-order valence-corrected chi connectivity index (χ0v) is 17.5. The molecule has 1 heterocycles. The number of aryl methyl sites for hydroxylation is 1. The highest BCUT2D eigenvalue weighted by molar-refractivity contribution is 5.70. The van der Waals surface area contributed by atoms with Crippen LogP contribution >= 0.6 is 0 Å². The number of ether oxygens (including phenoxy) is 1. The zero-order valence-electron chi connectivity index (χ0n) is 17.5. The van der Waals surface area contributed by atoms with Crippen molar-refractivity contribution in [2.24, 2.45) is 5.73 Å². The van der Waals surface area contributed by atoms with Gasteiger partial charge in [-0.15, -0.1) is 10.2 Å². The highest BCUT2D eigenvalue weighted by Crippen LogP contribution is 2.26. The van der Waals surface area contributed by atoms with E-state index in [2.05, 4.69) is 48.0 Å². The van der Waals surface area contributed by atoms with Crippen molar-refractivity contribution in [2.45, 2.75) is 52.7 Å². The average molecular weight is 398 g/mol. The largest absolute Gasteiger partial charge is 0.447 e. The Morgan fingerprint density at radius 1 is 1.28 bits per heavy atom. The summed E-state index contributed by atoms with van der Waals surface area (Å²) in [7, 11) is 0. The lowest BCUT2D eigenvalue weighted by Crippen LogP contribution is -2.13. The minimum atomic E-state index is -0.738. The quantitative estimate of drug-likeness (QED) is 0.480. The Labute approximate surface area is 173 Å². The van der Waals surface area contributed by atoms with E-state index in [1.807, 2.05) is 26.0 Å². The predicted molar refractivity (Wildman–Crippen MR) is 115 cm³/mol. The second-order valence-electron chi connectivity index (χ2n) is 6.08. The van der Waals surface area contributed by atoms with E-state index in [-0.39, 0.29) is 18.4 Å². The number of esters is 1. The second-order valence-corrected chi connectivity index (χ2v) is 6.08. The normalized spacial score (nSPS) is 12.2. The Kier molecular flexibility index (Phi) is 11.7. The number of nitrogens with two attached hydrogens (primary N) is 1. The zero-order chi connectivity index (χ0) is 21.5. The van der Waals surface area contributed by atoms with Crippen molar-refractivity contribution in [3.05, 3.63) is 84.1 Å². The fraction of sp³-hybridized carbons (Fsp3) is 0.348. The van der Waals surface area contributed by atoms with Crippen molar-refractivity contribution in [1.29, 1.82) is 0 Å². The van der Waals surface area contributed by atoms with Gasteiger partial charge in [-0.2, -0.15) is 0 Å². The molecule has 6 heteroatoms. The van der Waals surface area contributed by atoms with Crippen LogP contribution in [0.5, 0.6) is 0 Å². The first kappa shape index (κ1) is 24.0. The lowest BCUT2D eigenvalue weighted by Gasteiger charge is -2.15. The molecule has 0 aliphatic heterocycles. The summed E-state index contributed by atoms with van der Waals surface area (Å²) in [5, 5.41) is 7.70. The number of carbonyl (C=O) groups is 1. The van der Waals surface area contributed by atoms with E-state index in [0.717, 1.165) is 12.0 Å². The number of benzene rings is 1. The summed E-state index contributed by atoms with van der Waals surface area (Å²) in [4.78, 5) is 11.8. The maximum atomic E-state index is 11.8. The molecular weight excluding hydrogens is 366 g/mol. The molecule has 0 amide bonds. The van der Waals surface area contributed by atoms with Crippen molar-refractivity contribution in [3.63, 3.8) is 0 Å². The molecule has 0 saturated heterocycles. The van der Waals surface area contributed by atoms with Crippen LogP contribution in [0.4, 0.5) is 0 Å². The highest BCUT2D eigenvalue weighted by Gasteiger charge is 2.25. The third-order valence-corrected chi connectivity index (χ3v) is 3.90. The molecule has 1 aromatic heterocycles. The monoisotopic (exact) mass is 397 g/mol. The molecule has 156 valence electrons. The van der Waals surface area contributed by atoms with E-state index >= 15 is 0 Å². The summed E-state index contributed by atoms with van der Waals surface area (Å²) in [6.45, 7) is 9.66. The van der Waals surface area contributed by atoms with Crippen LogP contribution in [-0.4, -0.2) is 16.2 Å². The molecule has 2 rings (SSSR count). The number of hydrogen-bond donors (Lipinski definition) is 1. The van der Waals surface area contributed by atoms with Crippen molar-refractivity contribution in [3.8, 4) is 0 Å². The van der Waals surface area contributed by atoms with Gasteiger partial charge in [-0.1, -0.05) is 75.1 Å². The standard InChI is InChI=1S/C15H21N3O3.C8H10/c1-4-7-9-11(6-3)14(21-13(19)8-5-2)15-18-17-12(10-16)20-15;1-2-8-6-4-3-5-7-8/h4,6-7,9,14H,1,5,8,10,16H2,2-3H3;3-7H,2H2,1H3/b9-7-,11-6+;. The van der Waals surface area contributed by atoms with Crippen LogP contribution in [-0.2, 0) is 22.5 Å². The van der Waals surface area contributed by atoms with Gasteiger partial charge in [0, 0.05) is 6.42 Å².